The van der Waals surface area contributed by atoms with Crippen molar-refractivity contribution in [2.45, 2.75) is 64.0 Å². The average Bonchev–Trinajstić information content (AvgIpc) is 3.40. The van der Waals surface area contributed by atoms with Crippen molar-refractivity contribution in [1.82, 2.24) is 25.3 Å². The fourth-order valence-electron chi connectivity index (χ4n) is 4.35. The predicted molar refractivity (Wildman–Crippen MR) is 102 cm³/mol. The third-order valence-electron chi connectivity index (χ3n) is 6.25. The number of rotatable bonds is 5. The molecule has 0 aromatic carbocycles. The first-order chi connectivity index (χ1) is 13.1. The number of carbonyl (C=O) groups is 2. The maximum Gasteiger partial charge on any atom is 0.274 e. The van der Waals surface area contributed by atoms with E-state index in [0.29, 0.717) is 17.8 Å². The zero-order valence-corrected chi connectivity index (χ0v) is 16.2. The normalized spacial score (nSPS) is 24.8. The molecule has 1 aromatic rings. The quantitative estimate of drug-likeness (QED) is 0.821. The predicted octanol–water partition coefficient (Wildman–Crippen LogP) is 1.57. The van der Waals surface area contributed by atoms with E-state index in [-0.39, 0.29) is 17.7 Å². The average molecular weight is 374 g/mol. The Morgan fingerprint density at radius 2 is 1.96 bits per heavy atom. The molecule has 2 N–H and O–H groups in total. The van der Waals surface area contributed by atoms with Crippen LogP contribution in [0.3, 0.4) is 0 Å². The van der Waals surface area contributed by atoms with Crippen molar-refractivity contribution in [3.05, 3.63) is 17.5 Å². The standard InChI is InChI=1S/C20H31N5O2/c1-2-15-12-18(23-22-15)20(27)24-10-7-17(8-11-24)25-9-3-4-14(13-25)19(26)21-16-5-6-16/h12,14,16-17H,2-11,13H2,1H3,(H,21,26)(H,22,23). The Bertz CT molecular complexity index is 676. The number of piperidine rings is 2. The fourth-order valence-corrected chi connectivity index (χ4v) is 4.35. The van der Waals surface area contributed by atoms with E-state index in [2.05, 4.69) is 20.4 Å². The van der Waals surface area contributed by atoms with E-state index in [1.165, 1.54) is 0 Å². The van der Waals surface area contributed by atoms with Crippen LogP contribution >= 0.6 is 0 Å². The number of nitrogens with one attached hydrogen (secondary N) is 2. The van der Waals surface area contributed by atoms with Gasteiger partial charge in [-0.05, 0) is 57.6 Å². The summed E-state index contributed by atoms with van der Waals surface area (Å²) >= 11 is 0. The summed E-state index contributed by atoms with van der Waals surface area (Å²) in [6.07, 6.45) is 7.20. The molecule has 7 heteroatoms. The number of likely N-dealkylation sites (tertiary alicyclic amines) is 2. The van der Waals surface area contributed by atoms with E-state index in [4.69, 9.17) is 0 Å². The number of aromatic nitrogens is 2. The summed E-state index contributed by atoms with van der Waals surface area (Å²) in [5, 5.41) is 10.2. The van der Waals surface area contributed by atoms with Gasteiger partial charge in [0.2, 0.25) is 5.91 Å². The van der Waals surface area contributed by atoms with Crippen molar-refractivity contribution in [3.8, 4) is 0 Å². The van der Waals surface area contributed by atoms with Crippen LogP contribution in [-0.2, 0) is 11.2 Å². The van der Waals surface area contributed by atoms with Gasteiger partial charge in [-0.1, -0.05) is 6.92 Å². The van der Waals surface area contributed by atoms with Gasteiger partial charge < -0.3 is 10.2 Å². The lowest BCUT2D eigenvalue weighted by molar-refractivity contribution is -0.127. The highest BCUT2D eigenvalue weighted by atomic mass is 16.2. The molecule has 1 aliphatic carbocycles. The third-order valence-corrected chi connectivity index (χ3v) is 6.25. The molecule has 27 heavy (non-hydrogen) atoms. The van der Waals surface area contributed by atoms with Gasteiger partial charge in [0.1, 0.15) is 5.69 Å². The number of hydrogen-bond acceptors (Lipinski definition) is 4. The van der Waals surface area contributed by atoms with Gasteiger partial charge in [0.25, 0.3) is 5.91 Å². The lowest BCUT2D eigenvalue weighted by Gasteiger charge is -2.41. The number of hydrogen-bond donors (Lipinski definition) is 2. The van der Waals surface area contributed by atoms with Gasteiger partial charge >= 0.3 is 0 Å². The van der Waals surface area contributed by atoms with Gasteiger partial charge in [0, 0.05) is 37.4 Å². The maximum absolute atomic E-state index is 12.6. The second-order valence-electron chi connectivity index (χ2n) is 8.27. The van der Waals surface area contributed by atoms with Gasteiger partial charge in [0.05, 0.1) is 5.92 Å². The number of H-pyrrole nitrogens is 1. The van der Waals surface area contributed by atoms with Gasteiger partial charge in [-0.2, -0.15) is 5.10 Å². The summed E-state index contributed by atoms with van der Waals surface area (Å²) in [4.78, 5) is 29.5. The summed E-state index contributed by atoms with van der Waals surface area (Å²) in [5.41, 5.74) is 1.53. The molecule has 2 amide bonds. The first-order valence-electron chi connectivity index (χ1n) is 10.5. The van der Waals surface area contributed by atoms with Gasteiger partial charge in [0.15, 0.2) is 0 Å². The molecule has 2 saturated heterocycles. The number of carbonyl (C=O) groups excluding carboxylic acids is 2. The van der Waals surface area contributed by atoms with Crippen LogP contribution < -0.4 is 5.32 Å². The van der Waals surface area contributed by atoms with Crippen molar-refractivity contribution < 1.29 is 9.59 Å². The first kappa shape index (κ1) is 18.5. The largest absolute Gasteiger partial charge is 0.353 e. The first-order valence-corrected chi connectivity index (χ1v) is 10.5. The Morgan fingerprint density at radius 1 is 1.19 bits per heavy atom. The molecule has 0 radical (unpaired) electrons. The molecule has 3 fully saturated rings. The molecular formula is C20H31N5O2. The summed E-state index contributed by atoms with van der Waals surface area (Å²) < 4.78 is 0. The highest BCUT2D eigenvalue weighted by molar-refractivity contribution is 5.92. The van der Waals surface area contributed by atoms with Crippen LogP contribution in [0.15, 0.2) is 6.07 Å². The van der Waals surface area contributed by atoms with Gasteiger partial charge in [-0.3, -0.25) is 19.6 Å². The Kier molecular flexibility index (Phi) is 5.48. The van der Waals surface area contributed by atoms with Crippen LogP contribution in [0.4, 0.5) is 0 Å². The smallest absolute Gasteiger partial charge is 0.274 e. The third kappa shape index (κ3) is 4.34. The number of amides is 2. The van der Waals surface area contributed by atoms with Gasteiger partial charge in [-0.25, -0.2) is 0 Å². The molecule has 3 heterocycles. The van der Waals surface area contributed by atoms with E-state index in [1.54, 1.807) is 0 Å². The second-order valence-corrected chi connectivity index (χ2v) is 8.27. The highest BCUT2D eigenvalue weighted by Crippen LogP contribution is 2.26. The van der Waals surface area contributed by atoms with E-state index >= 15 is 0 Å². The van der Waals surface area contributed by atoms with Gasteiger partial charge in [-0.15, -0.1) is 0 Å². The Balaban J connectivity index is 1.28. The van der Waals surface area contributed by atoms with E-state index in [0.717, 1.165) is 76.8 Å². The molecular weight excluding hydrogens is 342 g/mol. The monoisotopic (exact) mass is 373 g/mol. The van der Waals surface area contributed by atoms with Crippen LogP contribution in [0.5, 0.6) is 0 Å². The van der Waals surface area contributed by atoms with E-state index in [9.17, 15) is 9.59 Å². The van der Waals surface area contributed by atoms with Crippen LogP contribution in [0.25, 0.3) is 0 Å². The molecule has 1 atom stereocenters. The topological polar surface area (TPSA) is 81.3 Å². The molecule has 0 spiro atoms. The zero-order valence-electron chi connectivity index (χ0n) is 16.2. The Labute approximate surface area is 160 Å². The summed E-state index contributed by atoms with van der Waals surface area (Å²) in [6.45, 7) is 5.53. The molecule has 0 bridgehead atoms. The van der Waals surface area contributed by atoms with Crippen LogP contribution in [0, 0.1) is 5.92 Å². The minimum absolute atomic E-state index is 0.0322. The van der Waals surface area contributed by atoms with Crippen LogP contribution in [0.1, 0.15) is 61.6 Å². The lowest BCUT2D eigenvalue weighted by Crippen LogP contribution is -2.51. The SMILES string of the molecule is CCc1cc(C(=O)N2CCC(N3CCCC(C(=O)NC4CC4)C3)CC2)n[nH]1. The highest BCUT2D eigenvalue weighted by Gasteiger charge is 2.34. The number of nitrogens with zero attached hydrogens (tertiary/aromatic N) is 3. The van der Waals surface area contributed by atoms with Crippen molar-refractivity contribution in [2.75, 3.05) is 26.2 Å². The lowest BCUT2D eigenvalue weighted by atomic mass is 9.93. The Morgan fingerprint density at radius 3 is 2.63 bits per heavy atom. The van der Waals surface area contributed by atoms with Crippen molar-refractivity contribution in [2.24, 2.45) is 5.92 Å². The van der Waals surface area contributed by atoms with Crippen LogP contribution in [-0.4, -0.2) is 70.1 Å². The van der Waals surface area contributed by atoms with Crippen LogP contribution in [0.2, 0.25) is 0 Å². The molecule has 4 rings (SSSR count). The summed E-state index contributed by atoms with van der Waals surface area (Å²) in [6, 6.07) is 2.79. The van der Waals surface area contributed by atoms with Crippen molar-refractivity contribution >= 4 is 11.8 Å². The van der Waals surface area contributed by atoms with E-state index < -0.39 is 0 Å². The van der Waals surface area contributed by atoms with Crippen molar-refractivity contribution in [3.63, 3.8) is 0 Å². The second kappa shape index (κ2) is 8.00. The molecule has 2 aliphatic heterocycles. The molecule has 1 unspecified atom stereocenters. The maximum atomic E-state index is 12.6. The molecule has 1 saturated carbocycles. The molecule has 7 nitrogen and oxygen atoms in total. The number of aryl methyl sites for hydroxylation is 1. The van der Waals surface area contributed by atoms with E-state index in [1.807, 2.05) is 17.9 Å². The summed E-state index contributed by atoms with van der Waals surface area (Å²) in [7, 11) is 0. The molecule has 148 valence electrons. The zero-order chi connectivity index (χ0) is 18.8. The number of aromatic amines is 1. The molecule has 3 aliphatic rings. The minimum Gasteiger partial charge on any atom is -0.353 e. The fraction of sp³-hybridized carbons (Fsp3) is 0.750. The summed E-state index contributed by atoms with van der Waals surface area (Å²) in [5.74, 6) is 0.417. The Hall–Kier alpha value is -1.89. The molecule has 1 aromatic heterocycles. The minimum atomic E-state index is 0.0322. The van der Waals surface area contributed by atoms with Crippen molar-refractivity contribution in [1.29, 1.82) is 0 Å².